The number of aromatic nitrogens is 1. The van der Waals surface area contributed by atoms with Crippen LogP contribution in [0.1, 0.15) is 17.5 Å². The quantitative estimate of drug-likeness (QED) is 0.203. The Labute approximate surface area is 229 Å². The van der Waals surface area contributed by atoms with Crippen molar-refractivity contribution in [3.8, 4) is 11.1 Å². The Kier molecular flexibility index (Phi) is 5.95. The molecule has 1 amide bonds. The number of nitro benzene ring substituents is 3. The van der Waals surface area contributed by atoms with Crippen LogP contribution in [0, 0.1) is 30.3 Å². The average Bonchev–Trinajstić information content (AvgIpc) is 3.46. The lowest BCUT2D eigenvalue weighted by Crippen LogP contribution is -2.21. The van der Waals surface area contributed by atoms with Gasteiger partial charge in [-0.1, -0.05) is 36.4 Å². The molecule has 13 heteroatoms. The number of nitrogens with zero attached hydrogens (tertiary/aromatic N) is 5. The summed E-state index contributed by atoms with van der Waals surface area (Å²) >= 11 is 0. The van der Waals surface area contributed by atoms with Crippen LogP contribution in [0.4, 0.5) is 17.1 Å². The predicted octanol–water partition coefficient (Wildman–Crippen LogP) is 5.46. The Balaban J connectivity index is 1.37. The zero-order valence-corrected chi connectivity index (χ0v) is 21.0. The van der Waals surface area contributed by atoms with Crippen LogP contribution < -0.4 is 5.43 Å². The summed E-state index contributed by atoms with van der Waals surface area (Å²) in [4.78, 5) is 45.6. The molecule has 0 unspecified atom stereocenters. The Morgan fingerprint density at radius 3 is 1.95 bits per heavy atom. The number of hydrogen-bond donors (Lipinski definition) is 1. The first kappa shape index (κ1) is 25.3. The van der Waals surface area contributed by atoms with E-state index in [0.29, 0.717) is 6.54 Å². The topological polar surface area (TPSA) is 176 Å². The fourth-order valence-corrected chi connectivity index (χ4v) is 5.29. The van der Waals surface area contributed by atoms with Crippen LogP contribution >= 0.6 is 0 Å². The minimum Gasteiger partial charge on any atom is -0.340 e. The van der Waals surface area contributed by atoms with Gasteiger partial charge in [-0.05, 0) is 23.8 Å². The average molecular weight is 550 g/mol. The van der Waals surface area contributed by atoms with E-state index in [1.807, 2.05) is 53.1 Å². The molecule has 0 saturated heterocycles. The first-order valence-electron chi connectivity index (χ1n) is 12.3. The molecule has 202 valence electrons. The van der Waals surface area contributed by atoms with Crippen molar-refractivity contribution in [1.29, 1.82) is 0 Å². The van der Waals surface area contributed by atoms with E-state index in [9.17, 15) is 35.1 Å². The molecule has 0 atom stereocenters. The molecule has 0 fully saturated rings. The van der Waals surface area contributed by atoms with Crippen LogP contribution in [-0.4, -0.2) is 31.0 Å². The molecule has 6 rings (SSSR count). The van der Waals surface area contributed by atoms with Gasteiger partial charge in [0, 0.05) is 64.1 Å². The molecule has 1 aliphatic carbocycles. The number of nitro groups is 3. The predicted molar refractivity (Wildman–Crippen MR) is 150 cm³/mol. The molecule has 1 heterocycles. The summed E-state index contributed by atoms with van der Waals surface area (Å²) in [6, 6.07) is 21.3. The van der Waals surface area contributed by atoms with Crippen LogP contribution in [0.3, 0.4) is 0 Å². The van der Waals surface area contributed by atoms with Gasteiger partial charge >= 0.3 is 0 Å². The third-order valence-corrected chi connectivity index (χ3v) is 7.04. The van der Waals surface area contributed by atoms with Crippen LogP contribution in [0.2, 0.25) is 0 Å². The molecule has 5 aromatic rings. The summed E-state index contributed by atoms with van der Waals surface area (Å²) in [7, 11) is 0. The summed E-state index contributed by atoms with van der Waals surface area (Å²) in [5.74, 6) is -0.486. The lowest BCUT2D eigenvalue weighted by molar-refractivity contribution is -0.393. The van der Waals surface area contributed by atoms with Crippen molar-refractivity contribution in [1.82, 2.24) is 9.99 Å². The zero-order chi connectivity index (χ0) is 28.8. The van der Waals surface area contributed by atoms with Gasteiger partial charge in [0.1, 0.15) is 0 Å². The van der Waals surface area contributed by atoms with Gasteiger partial charge in [-0.3, -0.25) is 35.1 Å². The van der Waals surface area contributed by atoms with Crippen molar-refractivity contribution in [2.45, 2.75) is 13.0 Å². The molecule has 1 N–H and O–H groups in total. The van der Waals surface area contributed by atoms with E-state index < -0.39 is 32.1 Å². The third kappa shape index (κ3) is 4.21. The van der Waals surface area contributed by atoms with Gasteiger partial charge in [0.2, 0.25) is 5.91 Å². The fraction of sp³-hybridized carbons (Fsp3) is 0.0714. The zero-order valence-electron chi connectivity index (χ0n) is 21.0. The Bertz CT molecular complexity index is 1940. The maximum atomic E-state index is 13.0. The molecule has 0 spiro atoms. The maximum Gasteiger partial charge on any atom is 0.284 e. The maximum absolute atomic E-state index is 13.0. The SMILES string of the molecule is O=C(CCn1c2ccccc2c2ccccc21)N/N=C1\c2cc([N+](=O)[O-])ccc2-c2c1cc([N+](=O)[O-])cc2[N+](=O)[O-]. The molecule has 13 nitrogen and oxygen atoms in total. The molecule has 0 saturated carbocycles. The number of non-ortho nitro benzene ring substituents is 2. The van der Waals surface area contributed by atoms with Crippen molar-refractivity contribution in [2.24, 2.45) is 5.10 Å². The van der Waals surface area contributed by atoms with Gasteiger partial charge in [0.15, 0.2) is 0 Å². The highest BCUT2D eigenvalue weighted by molar-refractivity contribution is 6.26. The summed E-state index contributed by atoms with van der Waals surface area (Å²) in [5, 5.41) is 41.1. The van der Waals surface area contributed by atoms with Crippen LogP contribution in [-0.2, 0) is 11.3 Å². The summed E-state index contributed by atoms with van der Waals surface area (Å²) in [5.41, 5.74) is 3.33. The van der Waals surface area contributed by atoms with E-state index in [2.05, 4.69) is 10.5 Å². The van der Waals surface area contributed by atoms with Gasteiger partial charge in [-0.2, -0.15) is 5.10 Å². The van der Waals surface area contributed by atoms with Gasteiger partial charge in [0.05, 0.1) is 32.1 Å². The van der Waals surface area contributed by atoms with Crippen LogP contribution in [0.15, 0.2) is 84.0 Å². The van der Waals surface area contributed by atoms with Gasteiger partial charge in [-0.15, -0.1) is 0 Å². The molecule has 0 bridgehead atoms. The van der Waals surface area contributed by atoms with Crippen molar-refractivity contribution in [3.63, 3.8) is 0 Å². The van der Waals surface area contributed by atoms with Gasteiger partial charge in [0.25, 0.3) is 17.1 Å². The third-order valence-electron chi connectivity index (χ3n) is 7.04. The molecule has 1 aromatic heterocycles. The molecular weight excluding hydrogens is 532 g/mol. The summed E-state index contributed by atoms with van der Waals surface area (Å²) < 4.78 is 2.02. The monoisotopic (exact) mass is 550 g/mol. The highest BCUT2D eigenvalue weighted by Crippen LogP contribution is 2.45. The number of hydrazone groups is 1. The number of nitrogens with one attached hydrogen (secondary N) is 1. The molecule has 0 aliphatic heterocycles. The highest BCUT2D eigenvalue weighted by atomic mass is 16.6. The number of benzene rings is 4. The van der Waals surface area contributed by atoms with E-state index in [1.165, 1.54) is 18.2 Å². The summed E-state index contributed by atoms with van der Waals surface area (Å²) in [6.45, 7) is 0.320. The largest absolute Gasteiger partial charge is 0.340 e. The lowest BCUT2D eigenvalue weighted by Gasteiger charge is -2.08. The van der Waals surface area contributed by atoms with Crippen LogP contribution in [0.25, 0.3) is 32.9 Å². The van der Waals surface area contributed by atoms with Crippen molar-refractivity contribution < 1.29 is 19.6 Å². The normalized spacial score (nSPS) is 12.8. The molecule has 41 heavy (non-hydrogen) atoms. The first-order chi connectivity index (χ1) is 19.7. The molecule has 1 aliphatic rings. The van der Waals surface area contributed by atoms with Crippen molar-refractivity contribution in [2.75, 3.05) is 0 Å². The van der Waals surface area contributed by atoms with E-state index >= 15 is 0 Å². The molecule has 4 aromatic carbocycles. The number of carbonyl (C=O) groups is 1. The Hall–Kier alpha value is -5.98. The molecular formula is C28H18N6O7. The van der Waals surface area contributed by atoms with E-state index in [4.69, 9.17) is 0 Å². The van der Waals surface area contributed by atoms with Crippen molar-refractivity contribution in [3.05, 3.63) is 120 Å². The molecule has 0 radical (unpaired) electrons. The smallest absolute Gasteiger partial charge is 0.284 e. The number of rotatable bonds is 7. The number of amides is 1. The fourth-order valence-electron chi connectivity index (χ4n) is 5.29. The Morgan fingerprint density at radius 2 is 1.34 bits per heavy atom. The number of carbonyl (C=O) groups excluding carboxylic acids is 1. The first-order valence-corrected chi connectivity index (χ1v) is 12.3. The Morgan fingerprint density at radius 1 is 0.732 bits per heavy atom. The minimum absolute atomic E-state index is 0.0170. The lowest BCUT2D eigenvalue weighted by atomic mass is 10.0. The second-order valence-corrected chi connectivity index (χ2v) is 9.32. The van der Waals surface area contributed by atoms with Gasteiger partial charge in [-0.25, -0.2) is 5.43 Å². The van der Waals surface area contributed by atoms with E-state index in [-0.39, 0.29) is 40.1 Å². The van der Waals surface area contributed by atoms with Crippen molar-refractivity contribution >= 4 is 50.5 Å². The number of para-hydroxylation sites is 2. The standard InChI is InChI=1S/C28H18N6O7/c35-26(11-12-31-23-7-3-1-5-18(23)19-6-2-4-8-24(19)31)29-30-28-21-13-16(32(36)37)9-10-20(21)27-22(28)14-17(33(38)39)15-25(27)34(40)41/h1-10,13-15H,11-12H2,(H,29,35)/b30-28+. The minimum atomic E-state index is -0.777. The van der Waals surface area contributed by atoms with Crippen LogP contribution in [0.5, 0.6) is 0 Å². The number of hydrogen-bond acceptors (Lipinski definition) is 8. The van der Waals surface area contributed by atoms with E-state index in [1.54, 1.807) is 0 Å². The van der Waals surface area contributed by atoms with Gasteiger partial charge < -0.3 is 4.57 Å². The highest BCUT2D eigenvalue weighted by Gasteiger charge is 2.36. The second-order valence-electron chi connectivity index (χ2n) is 9.32. The van der Waals surface area contributed by atoms with E-state index in [0.717, 1.165) is 33.9 Å². The number of aryl methyl sites for hydroxylation is 1. The number of fused-ring (bicyclic) bond motifs is 6. The summed E-state index contributed by atoms with van der Waals surface area (Å²) in [6.07, 6.45) is 0.0170. The second kappa shape index (κ2) is 9.64.